The highest BCUT2D eigenvalue weighted by Crippen LogP contribution is 2.29. The number of carbonyl (C=O) groups excluding carboxylic acids is 1. The van der Waals surface area contributed by atoms with E-state index in [0.29, 0.717) is 11.4 Å². The fourth-order valence-electron chi connectivity index (χ4n) is 3.27. The van der Waals surface area contributed by atoms with E-state index in [0.717, 1.165) is 37.6 Å². The summed E-state index contributed by atoms with van der Waals surface area (Å²) in [6.45, 7) is 3.26. The lowest BCUT2D eigenvalue weighted by Crippen LogP contribution is -2.48. The van der Waals surface area contributed by atoms with E-state index in [2.05, 4.69) is 15.1 Å². The van der Waals surface area contributed by atoms with Gasteiger partial charge in [0.2, 0.25) is 5.91 Å². The average molecular weight is 400 g/mol. The van der Waals surface area contributed by atoms with E-state index in [1.807, 2.05) is 24.3 Å². The quantitative estimate of drug-likeness (QED) is 0.563. The van der Waals surface area contributed by atoms with Crippen molar-refractivity contribution < 1.29 is 19.2 Å². The number of hydrogen-bond donors (Lipinski definition) is 1. The number of anilines is 2. The lowest BCUT2D eigenvalue weighted by Gasteiger charge is -2.35. The van der Waals surface area contributed by atoms with Gasteiger partial charge in [-0.1, -0.05) is 6.07 Å². The molecule has 9 heteroatoms. The van der Waals surface area contributed by atoms with Crippen molar-refractivity contribution in [3.05, 3.63) is 52.6 Å². The van der Waals surface area contributed by atoms with Crippen molar-refractivity contribution in [1.29, 1.82) is 0 Å². The van der Waals surface area contributed by atoms with Crippen molar-refractivity contribution in [2.75, 3.05) is 57.2 Å². The number of ether oxygens (including phenoxy) is 2. The van der Waals surface area contributed by atoms with Crippen LogP contribution in [0.4, 0.5) is 17.1 Å². The summed E-state index contributed by atoms with van der Waals surface area (Å²) < 4.78 is 10.5. The molecule has 29 heavy (non-hydrogen) atoms. The molecule has 2 aromatic rings. The first-order chi connectivity index (χ1) is 14.0. The van der Waals surface area contributed by atoms with Crippen LogP contribution >= 0.6 is 0 Å². The molecule has 154 valence electrons. The normalized spacial score (nSPS) is 14.3. The van der Waals surface area contributed by atoms with Gasteiger partial charge in [0.05, 0.1) is 31.4 Å². The zero-order chi connectivity index (χ0) is 20.8. The van der Waals surface area contributed by atoms with Gasteiger partial charge in [-0.05, 0) is 18.2 Å². The van der Waals surface area contributed by atoms with Crippen LogP contribution in [-0.2, 0) is 4.79 Å². The number of non-ortho nitro benzene ring substituents is 1. The summed E-state index contributed by atoms with van der Waals surface area (Å²) in [5, 5.41) is 13.7. The standard InChI is InChI=1S/C20H24N4O5/c1-28-17-5-3-4-15(12-17)23-10-8-22(9-11-23)14-20(25)21-18-13-16(24(26)27)6-7-19(18)29-2/h3-7,12-13H,8-11,14H2,1-2H3,(H,21,25). The van der Waals surface area contributed by atoms with E-state index in [1.54, 1.807) is 7.11 Å². The molecule has 1 aliphatic heterocycles. The highest BCUT2D eigenvalue weighted by molar-refractivity contribution is 5.94. The van der Waals surface area contributed by atoms with Gasteiger partial charge in [-0.3, -0.25) is 19.8 Å². The Morgan fingerprint density at radius 1 is 1.10 bits per heavy atom. The minimum Gasteiger partial charge on any atom is -0.497 e. The Kier molecular flexibility index (Phi) is 6.50. The number of rotatable bonds is 7. The predicted octanol–water partition coefficient (Wildman–Crippen LogP) is 2.37. The topological polar surface area (TPSA) is 97.2 Å². The molecule has 0 atom stereocenters. The SMILES string of the molecule is COc1cccc(N2CCN(CC(=O)Nc3cc([N+](=O)[O-])ccc3OC)CC2)c1. The van der Waals surface area contributed by atoms with Crippen molar-refractivity contribution in [3.63, 3.8) is 0 Å². The van der Waals surface area contributed by atoms with E-state index < -0.39 is 4.92 Å². The smallest absolute Gasteiger partial charge is 0.271 e. The summed E-state index contributed by atoms with van der Waals surface area (Å²) in [6.07, 6.45) is 0. The molecule has 0 bridgehead atoms. The zero-order valence-corrected chi connectivity index (χ0v) is 16.5. The van der Waals surface area contributed by atoms with Crippen LogP contribution in [0.5, 0.6) is 11.5 Å². The van der Waals surface area contributed by atoms with Crippen LogP contribution in [0.3, 0.4) is 0 Å². The number of nitrogens with zero attached hydrogens (tertiary/aromatic N) is 3. The largest absolute Gasteiger partial charge is 0.497 e. The molecule has 1 amide bonds. The van der Waals surface area contributed by atoms with Gasteiger partial charge in [0.15, 0.2) is 0 Å². The van der Waals surface area contributed by atoms with Crippen LogP contribution in [0.15, 0.2) is 42.5 Å². The maximum atomic E-state index is 12.5. The molecule has 0 unspecified atom stereocenters. The van der Waals surface area contributed by atoms with Gasteiger partial charge >= 0.3 is 0 Å². The predicted molar refractivity (Wildman–Crippen MR) is 110 cm³/mol. The van der Waals surface area contributed by atoms with Gasteiger partial charge in [0.1, 0.15) is 11.5 Å². The molecule has 1 saturated heterocycles. The lowest BCUT2D eigenvalue weighted by molar-refractivity contribution is -0.384. The fourth-order valence-corrected chi connectivity index (χ4v) is 3.27. The van der Waals surface area contributed by atoms with E-state index in [9.17, 15) is 14.9 Å². The fraction of sp³-hybridized carbons (Fsp3) is 0.350. The molecule has 1 heterocycles. The number of methoxy groups -OCH3 is 2. The van der Waals surface area contributed by atoms with E-state index in [4.69, 9.17) is 9.47 Å². The van der Waals surface area contributed by atoms with E-state index in [1.165, 1.54) is 25.3 Å². The summed E-state index contributed by atoms with van der Waals surface area (Å²) in [5.74, 6) is 0.959. The summed E-state index contributed by atoms with van der Waals surface area (Å²) in [7, 11) is 3.10. The molecular formula is C20H24N4O5. The van der Waals surface area contributed by atoms with E-state index in [-0.39, 0.29) is 18.1 Å². The molecule has 0 radical (unpaired) electrons. The first-order valence-electron chi connectivity index (χ1n) is 9.24. The Balaban J connectivity index is 1.56. The summed E-state index contributed by atoms with van der Waals surface area (Å²) in [5.41, 5.74) is 1.28. The van der Waals surface area contributed by atoms with Crippen molar-refractivity contribution in [1.82, 2.24) is 4.90 Å². The number of nitro groups is 1. The average Bonchev–Trinajstić information content (AvgIpc) is 2.74. The molecule has 2 aromatic carbocycles. The Bertz CT molecular complexity index is 881. The molecule has 1 N–H and O–H groups in total. The van der Waals surface area contributed by atoms with Gasteiger partial charge in [-0.25, -0.2) is 0 Å². The summed E-state index contributed by atoms with van der Waals surface area (Å²) in [4.78, 5) is 27.2. The number of carbonyl (C=O) groups is 1. The number of amides is 1. The van der Waals surface area contributed by atoms with Crippen molar-refractivity contribution in [2.24, 2.45) is 0 Å². The van der Waals surface area contributed by atoms with Crippen LogP contribution in [0, 0.1) is 10.1 Å². The second-order valence-electron chi connectivity index (χ2n) is 6.65. The maximum Gasteiger partial charge on any atom is 0.271 e. The van der Waals surface area contributed by atoms with Gasteiger partial charge in [0.25, 0.3) is 5.69 Å². The molecule has 1 aliphatic rings. The van der Waals surface area contributed by atoms with Gasteiger partial charge in [-0.2, -0.15) is 0 Å². The Labute approximate surface area is 169 Å². The molecule has 0 aromatic heterocycles. The number of hydrogen-bond acceptors (Lipinski definition) is 7. The molecule has 0 saturated carbocycles. The van der Waals surface area contributed by atoms with Gasteiger partial charge in [-0.15, -0.1) is 0 Å². The zero-order valence-electron chi connectivity index (χ0n) is 16.5. The first-order valence-corrected chi connectivity index (χ1v) is 9.24. The van der Waals surface area contributed by atoms with Crippen molar-refractivity contribution >= 4 is 23.0 Å². The summed E-state index contributed by atoms with van der Waals surface area (Å²) in [6, 6.07) is 12.0. The van der Waals surface area contributed by atoms with Crippen molar-refractivity contribution in [3.8, 4) is 11.5 Å². The third-order valence-corrected chi connectivity index (χ3v) is 4.83. The Morgan fingerprint density at radius 3 is 2.52 bits per heavy atom. The molecular weight excluding hydrogens is 376 g/mol. The third kappa shape index (κ3) is 5.14. The Hall–Kier alpha value is -3.33. The van der Waals surface area contributed by atoms with Crippen LogP contribution < -0.4 is 19.7 Å². The maximum absolute atomic E-state index is 12.5. The third-order valence-electron chi connectivity index (χ3n) is 4.83. The minimum absolute atomic E-state index is 0.104. The second kappa shape index (κ2) is 9.24. The minimum atomic E-state index is -0.507. The first kappa shape index (κ1) is 20.4. The molecule has 0 spiro atoms. The molecule has 0 aliphatic carbocycles. The van der Waals surface area contributed by atoms with Gasteiger partial charge in [0, 0.05) is 50.1 Å². The summed E-state index contributed by atoms with van der Waals surface area (Å²) >= 11 is 0. The monoisotopic (exact) mass is 400 g/mol. The van der Waals surface area contributed by atoms with Gasteiger partial charge < -0.3 is 19.7 Å². The number of nitro benzene ring substituents is 1. The van der Waals surface area contributed by atoms with Crippen LogP contribution in [0.2, 0.25) is 0 Å². The highest BCUT2D eigenvalue weighted by Gasteiger charge is 2.21. The van der Waals surface area contributed by atoms with Crippen LogP contribution in [-0.4, -0.2) is 62.7 Å². The molecule has 1 fully saturated rings. The lowest BCUT2D eigenvalue weighted by atomic mass is 10.2. The van der Waals surface area contributed by atoms with Crippen molar-refractivity contribution in [2.45, 2.75) is 0 Å². The molecule has 3 rings (SSSR count). The van der Waals surface area contributed by atoms with E-state index >= 15 is 0 Å². The van der Waals surface area contributed by atoms with Crippen LogP contribution in [0.25, 0.3) is 0 Å². The highest BCUT2D eigenvalue weighted by atomic mass is 16.6. The number of benzene rings is 2. The second-order valence-corrected chi connectivity index (χ2v) is 6.65. The van der Waals surface area contributed by atoms with Crippen LogP contribution in [0.1, 0.15) is 0 Å². The molecule has 9 nitrogen and oxygen atoms in total. The number of piperazine rings is 1. The number of nitrogens with one attached hydrogen (secondary N) is 1. The Morgan fingerprint density at radius 2 is 1.86 bits per heavy atom.